The summed E-state index contributed by atoms with van der Waals surface area (Å²) in [5.74, 6) is 0.634. The molecule has 3 N–H and O–H groups in total. The summed E-state index contributed by atoms with van der Waals surface area (Å²) in [6.07, 6.45) is 0. The van der Waals surface area contributed by atoms with Gasteiger partial charge >= 0.3 is 0 Å². The van der Waals surface area contributed by atoms with Crippen molar-refractivity contribution in [2.75, 3.05) is 17.6 Å². The van der Waals surface area contributed by atoms with E-state index >= 15 is 0 Å². The summed E-state index contributed by atoms with van der Waals surface area (Å²) in [5.41, 5.74) is 8.85. The molecule has 1 fully saturated rings. The lowest BCUT2D eigenvalue weighted by molar-refractivity contribution is 0.457. The summed E-state index contributed by atoms with van der Waals surface area (Å²) in [6, 6.07) is 7.48. The predicted molar refractivity (Wildman–Crippen MR) is 75.1 cm³/mol. The summed E-state index contributed by atoms with van der Waals surface area (Å²) in [6.45, 7) is 10.1. The Morgan fingerprint density at radius 3 is 2.39 bits per heavy atom. The monoisotopic (exact) mass is 243 g/mol. The van der Waals surface area contributed by atoms with E-state index in [1.807, 2.05) is 6.07 Å². The van der Waals surface area contributed by atoms with E-state index in [9.17, 15) is 0 Å². The highest BCUT2D eigenvalue weighted by Gasteiger charge is 2.64. The van der Waals surface area contributed by atoms with E-state index in [4.69, 9.17) is 11.0 Å². The first-order valence-electron chi connectivity index (χ1n) is 6.34. The van der Waals surface area contributed by atoms with E-state index in [-0.39, 0.29) is 0 Å². The molecule has 0 unspecified atom stereocenters. The van der Waals surface area contributed by atoms with E-state index in [0.29, 0.717) is 28.0 Å². The van der Waals surface area contributed by atoms with Gasteiger partial charge < -0.3 is 11.1 Å². The number of nitrogen functional groups attached to an aromatic ring is 1. The fourth-order valence-electron chi connectivity index (χ4n) is 2.83. The molecule has 0 aliphatic heterocycles. The van der Waals surface area contributed by atoms with Gasteiger partial charge in [-0.1, -0.05) is 27.7 Å². The van der Waals surface area contributed by atoms with Gasteiger partial charge in [-0.3, -0.25) is 0 Å². The number of nitrogens with two attached hydrogens (primary N) is 1. The first-order chi connectivity index (χ1) is 8.30. The van der Waals surface area contributed by atoms with Crippen LogP contribution < -0.4 is 11.1 Å². The lowest BCUT2D eigenvalue weighted by Crippen LogP contribution is -2.09. The van der Waals surface area contributed by atoms with E-state index in [1.54, 1.807) is 12.1 Å². The predicted octanol–water partition coefficient (Wildman–Crippen LogP) is 3.23. The molecule has 1 aliphatic rings. The maximum atomic E-state index is 8.89. The first kappa shape index (κ1) is 12.8. The molecule has 18 heavy (non-hydrogen) atoms. The third-order valence-corrected chi connectivity index (χ3v) is 5.00. The molecule has 0 atom stereocenters. The van der Waals surface area contributed by atoms with Crippen LogP contribution in [0.5, 0.6) is 0 Å². The number of rotatable bonds is 3. The van der Waals surface area contributed by atoms with E-state index in [0.717, 1.165) is 12.2 Å². The minimum absolute atomic E-state index is 0.363. The second-order valence-electron chi connectivity index (χ2n) is 6.29. The highest BCUT2D eigenvalue weighted by molar-refractivity contribution is 5.68. The van der Waals surface area contributed by atoms with Gasteiger partial charge in [0, 0.05) is 6.54 Å². The van der Waals surface area contributed by atoms with Crippen molar-refractivity contribution < 1.29 is 0 Å². The zero-order valence-corrected chi connectivity index (χ0v) is 11.5. The summed E-state index contributed by atoms with van der Waals surface area (Å²) < 4.78 is 0. The molecule has 1 aromatic carbocycles. The maximum absolute atomic E-state index is 8.89. The second-order valence-corrected chi connectivity index (χ2v) is 6.29. The standard InChI is InChI=1S/C15H21N3/c1-14(2)13(15(14,3)4)9-18-12-7-10(8-16)5-6-11(12)17/h5-7,13,18H,9,17H2,1-4H3. The molecule has 0 heterocycles. The number of hydrogen-bond donors (Lipinski definition) is 2. The number of hydrogen-bond acceptors (Lipinski definition) is 3. The number of benzene rings is 1. The van der Waals surface area contributed by atoms with Gasteiger partial charge in [-0.15, -0.1) is 0 Å². The zero-order chi connectivity index (χ0) is 13.6. The highest BCUT2D eigenvalue weighted by Crippen LogP contribution is 2.68. The van der Waals surface area contributed by atoms with E-state index in [2.05, 4.69) is 39.1 Å². The first-order valence-corrected chi connectivity index (χ1v) is 6.34. The SMILES string of the molecule is CC1(C)C(CNc2cc(C#N)ccc2N)C1(C)C. The number of anilines is 2. The molecule has 1 aliphatic carbocycles. The van der Waals surface area contributed by atoms with Gasteiger partial charge in [0.25, 0.3) is 0 Å². The molecule has 1 saturated carbocycles. The van der Waals surface area contributed by atoms with Gasteiger partial charge in [0.2, 0.25) is 0 Å². The summed E-state index contributed by atoms with van der Waals surface area (Å²) in [7, 11) is 0. The third-order valence-electron chi connectivity index (χ3n) is 5.00. The summed E-state index contributed by atoms with van der Waals surface area (Å²) in [5, 5.41) is 12.3. The van der Waals surface area contributed by atoms with Gasteiger partial charge in [-0.2, -0.15) is 5.26 Å². The number of nitrogens with zero attached hydrogens (tertiary/aromatic N) is 1. The maximum Gasteiger partial charge on any atom is 0.0992 e. The van der Waals surface area contributed by atoms with Crippen LogP contribution in [0.25, 0.3) is 0 Å². The Morgan fingerprint density at radius 2 is 1.89 bits per heavy atom. The zero-order valence-electron chi connectivity index (χ0n) is 11.5. The van der Waals surface area contributed by atoms with Gasteiger partial charge in [-0.05, 0) is 34.9 Å². The molecule has 0 bridgehead atoms. The van der Waals surface area contributed by atoms with Crippen LogP contribution in [0.3, 0.4) is 0 Å². The van der Waals surface area contributed by atoms with Crippen LogP contribution in [0.2, 0.25) is 0 Å². The molecule has 0 aromatic heterocycles. The van der Waals surface area contributed by atoms with Gasteiger partial charge in [0.05, 0.1) is 23.0 Å². The summed E-state index contributed by atoms with van der Waals surface area (Å²) >= 11 is 0. The molecule has 3 nitrogen and oxygen atoms in total. The molecule has 3 heteroatoms. The molecular formula is C15H21N3. The summed E-state index contributed by atoms with van der Waals surface area (Å²) in [4.78, 5) is 0. The van der Waals surface area contributed by atoms with Gasteiger partial charge in [0.1, 0.15) is 0 Å². The fourth-order valence-corrected chi connectivity index (χ4v) is 2.83. The Hall–Kier alpha value is -1.69. The van der Waals surface area contributed by atoms with Crippen LogP contribution in [0.4, 0.5) is 11.4 Å². The molecule has 1 aromatic rings. The van der Waals surface area contributed by atoms with E-state index < -0.39 is 0 Å². The Morgan fingerprint density at radius 1 is 1.28 bits per heavy atom. The van der Waals surface area contributed by atoms with E-state index in [1.165, 1.54) is 0 Å². The van der Waals surface area contributed by atoms with Crippen LogP contribution in [0.1, 0.15) is 33.3 Å². The Bertz CT molecular complexity index is 495. The second kappa shape index (κ2) is 3.91. The molecule has 96 valence electrons. The van der Waals surface area contributed by atoms with Crippen molar-refractivity contribution in [3.8, 4) is 6.07 Å². The van der Waals surface area contributed by atoms with Crippen molar-refractivity contribution in [3.63, 3.8) is 0 Å². The largest absolute Gasteiger partial charge is 0.397 e. The minimum atomic E-state index is 0.363. The van der Waals surface area contributed by atoms with Crippen LogP contribution >= 0.6 is 0 Å². The van der Waals surface area contributed by atoms with Crippen LogP contribution in [0.15, 0.2) is 18.2 Å². The van der Waals surface area contributed by atoms with Crippen LogP contribution in [-0.4, -0.2) is 6.54 Å². The lowest BCUT2D eigenvalue weighted by atomic mass is 10.0. The van der Waals surface area contributed by atoms with Crippen LogP contribution in [-0.2, 0) is 0 Å². The number of nitrogens with one attached hydrogen (secondary N) is 1. The van der Waals surface area contributed by atoms with Gasteiger partial charge in [-0.25, -0.2) is 0 Å². The lowest BCUT2D eigenvalue weighted by Gasteiger charge is -2.10. The van der Waals surface area contributed by atoms with Crippen LogP contribution in [0, 0.1) is 28.1 Å². The minimum Gasteiger partial charge on any atom is -0.397 e. The van der Waals surface area contributed by atoms with Crippen molar-refractivity contribution in [3.05, 3.63) is 23.8 Å². The molecular weight excluding hydrogens is 222 g/mol. The molecule has 0 radical (unpaired) electrons. The van der Waals surface area contributed by atoms with Crippen molar-refractivity contribution in [1.82, 2.24) is 0 Å². The van der Waals surface area contributed by atoms with Crippen molar-refractivity contribution in [2.24, 2.45) is 16.7 Å². The Labute approximate surface area is 109 Å². The molecule has 0 amide bonds. The van der Waals surface area contributed by atoms with Crippen molar-refractivity contribution in [2.45, 2.75) is 27.7 Å². The third kappa shape index (κ3) is 1.82. The van der Waals surface area contributed by atoms with Gasteiger partial charge in [0.15, 0.2) is 0 Å². The molecule has 0 spiro atoms. The smallest absolute Gasteiger partial charge is 0.0992 e. The average molecular weight is 243 g/mol. The molecule has 0 saturated heterocycles. The Kier molecular flexibility index (Phi) is 2.77. The highest BCUT2D eigenvalue weighted by atomic mass is 14.9. The van der Waals surface area contributed by atoms with Crippen molar-refractivity contribution in [1.29, 1.82) is 5.26 Å². The topological polar surface area (TPSA) is 61.8 Å². The fraction of sp³-hybridized carbons (Fsp3) is 0.533. The molecule has 2 rings (SSSR count). The van der Waals surface area contributed by atoms with Crippen molar-refractivity contribution >= 4 is 11.4 Å². The normalized spacial score (nSPS) is 20.2. The Balaban J connectivity index is 2.07. The average Bonchev–Trinajstić information content (AvgIpc) is 2.69. The number of nitriles is 1. The quantitative estimate of drug-likeness (QED) is 0.801.